The van der Waals surface area contributed by atoms with Crippen LogP contribution in [0.5, 0.6) is 11.5 Å². The molecule has 0 saturated heterocycles. The number of hydrogen-bond acceptors (Lipinski definition) is 4. The second-order valence-electron chi connectivity index (χ2n) is 2.48. The standard InChI is InChI=1S/C9H14N2O2/c1-12-8-3-2-4-9(7-8)13-6-5-11-10/h2-4,7,11H,5-6,10H2,1H3. The Balaban J connectivity index is 2.46. The van der Waals surface area contributed by atoms with E-state index < -0.39 is 0 Å². The van der Waals surface area contributed by atoms with Gasteiger partial charge in [0.2, 0.25) is 0 Å². The molecule has 4 heteroatoms. The Morgan fingerprint density at radius 2 is 2.15 bits per heavy atom. The predicted octanol–water partition coefficient (Wildman–Crippen LogP) is 0.537. The van der Waals surface area contributed by atoms with Gasteiger partial charge in [-0.2, -0.15) is 0 Å². The molecule has 1 aromatic rings. The largest absolute Gasteiger partial charge is 0.497 e. The molecule has 0 radical (unpaired) electrons. The molecule has 0 atom stereocenters. The monoisotopic (exact) mass is 182 g/mol. The van der Waals surface area contributed by atoms with Crippen molar-refractivity contribution in [3.05, 3.63) is 24.3 Å². The van der Waals surface area contributed by atoms with Gasteiger partial charge in [0.1, 0.15) is 18.1 Å². The molecule has 4 nitrogen and oxygen atoms in total. The summed E-state index contributed by atoms with van der Waals surface area (Å²) in [6.07, 6.45) is 0. The van der Waals surface area contributed by atoms with Crippen LogP contribution in [-0.4, -0.2) is 20.3 Å². The van der Waals surface area contributed by atoms with Crippen LogP contribution in [0.3, 0.4) is 0 Å². The topological polar surface area (TPSA) is 56.5 Å². The van der Waals surface area contributed by atoms with Crippen molar-refractivity contribution in [1.82, 2.24) is 5.43 Å². The Morgan fingerprint density at radius 1 is 1.38 bits per heavy atom. The number of nitrogens with two attached hydrogens (primary N) is 1. The second kappa shape index (κ2) is 5.40. The average Bonchev–Trinajstić information content (AvgIpc) is 2.19. The fraction of sp³-hybridized carbons (Fsp3) is 0.333. The van der Waals surface area contributed by atoms with Crippen molar-refractivity contribution in [2.45, 2.75) is 0 Å². The zero-order valence-electron chi connectivity index (χ0n) is 7.62. The molecule has 0 amide bonds. The lowest BCUT2D eigenvalue weighted by Gasteiger charge is -2.06. The summed E-state index contributed by atoms with van der Waals surface area (Å²) >= 11 is 0. The summed E-state index contributed by atoms with van der Waals surface area (Å²) in [5, 5.41) is 0. The summed E-state index contributed by atoms with van der Waals surface area (Å²) in [4.78, 5) is 0. The van der Waals surface area contributed by atoms with Crippen molar-refractivity contribution < 1.29 is 9.47 Å². The first-order valence-electron chi connectivity index (χ1n) is 4.07. The molecule has 0 unspecified atom stereocenters. The van der Waals surface area contributed by atoms with Crippen LogP contribution < -0.4 is 20.7 Å². The molecule has 0 aliphatic carbocycles. The molecular formula is C9H14N2O2. The fourth-order valence-electron chi connectivity index (χ4n) is 0.919. The minimum atomic E-state index is 0.545. The number of hydrogen-bond donors (Lipinski definition) is 2. The van der Waals surface area contributed by atoms with Gasteiger partial charge >= 0.3 is 0 Å². The van der Waals surface area contributed by atoms with Crippen molar-refractivity contribution in [1.29, 1.82) is 0 Å². The Bertz CT molecular complexity index is 253. The third kappa shape index (κ3) is 3.31. The molecule has 0 spiro atoms. The highest BCUT2D eigenvalue weighted by atomic mass is 16.5. The van der Waals surface area contributed by atoms with Gasteiger partial charge in [-0.15, -0.1) is 0 Å². The van der Waals surface area contributed by atoms with E-state index in [0.717, 1.165) is 11.5 Å². The van der Waals surface area contributed by atoms with Crippen LogP contribution in [0.15, 0.2) is 24.3 Å². The highest BCUT2D eigenvalue weighted by molar-refractivity contribution is 5.32. The smallest absolute Gasteiger partial charge is 0.123 e. The van der Waals surface area contributed by atoms with Gasteiger partial charge in [-0.05, 0) is 12.1 Å². The summed E-state index contributed by atoms with van der Waals surface area (Å²) in [5.74, 6) is 6.67. The lowest BCUT2D eigenvalue weighted by molar-refractivity contribution is 0.312. The number of methoxy groups -OCH3 is 1. The molecule has 0 aliphatic heterocycles. The number of rotatable bonds is 5. The van der Waals surface area contributed by atoms with Gasteiger partial charge in [-0.3, -0.25) is 11.3 Å². The Kier molecular flexibility index (Phi) is 4.08. The zero-order chi connectivity index (χ0) is 9.52. The molecule has 1 aromatic carbocycles. The van der Waals surface area contributed by atoms with Gasteiger partial charge in [-0.1, -0.05) is 6.07 Å². The molecular weight excluding hydrogens is 168 g/mol. The van der Waals surface area contributed by atoms with Gasteiger partial charge in [-0.25, -0.2) is 0 Å². The summed E-state index contributed by atoms with van der Waals surface area (Å²) in [5.41, 5.74) is 2.51. The summed E-state index contributed by atoms with van der Waals surface area (Å²) in [6, 6.07) is 7.45. The van der Waals surface area contributed by atoms with E-state index in [0.29, 0.717) is 13.2 Å². The van der Waals surface area contributed by atoms with Crippen LogP contribution in [0, 0.1) is 0 Å². The number of benzene rings is 1. The summed E-state index contributed by atoms with van der Waals surface area (Å²) < 4.78 is 10.4. The van der Waals surface area contributed by atoms with Crippen LogP contribution in [0.1, 0.15) is 0 Å². The Hall–Kier alpha value is -1.26. The normalized spacial score (nSPS) is 9.69. The maximum atomic E-state index is 5.37. The molecule has 0 heterocycles. The SMILES string of the molecule is COc1cccc(OCCNN)c1. The number of hydrazine groups is 1. The molecule has 0 bridgehead atoms. The Morgan fingerprint density at radius 3 is 2.85 bits per heavy atom. The molecule has 1 rings (SSSR count). The molecule has 0 aromatic heterocycles. The van der Waals surface area contributed by atoms with Crippen LogP contribution in [0.2, 0.25) is 0 Å². The highest BCUT2D eigenvalue weighted by Gasteiger charge is 1.95. The minimum absolute atomic E-state index is 0.545. The fourth-order valence-corrected chi connectivity index (χ4v) is 0.919. The van der Waals surface area contributed by atoms with Crippen molar-refractivity contribution in [3.63, 3.8) is 0 Å². The summed E-state index contributed by atoms with van der Waals surface area (Å²) in [7, 11) is 1.63. The molecule has 13 heavy (non-hydrogen) atoms. The van der Waals surface area contributed by atoms with Gasteiger partial charge < -0.3 is 9.47 Å². The first-order chi connectivity index (χ1) is 6.36. The second-order valence-corrected chi connectivity index (χ2v) is 2.48. The Labute approximate surface area is 77.6 Å². The molecule has 0 fully saturated rings. The van der Waals surface area contributed by atoms with E-state index >= 15 is 0 Å². The highest BCUT2D eigenvalue weighted by Crippen LogP contribution is 2.18. The van der Waals surface area contributed by atoms with Crippen molar-refractivity contribution in [2.24, 2.45) is 5.84 Å². The van der Waals surface area contributed by atoms with Gasteiger partial charge in [0.15, 0.2) is 0 Å². The van der Waals surface area contributed by atoms with Crippen molar-refractivity contribution in [2.75, 3.05) is 20.3 Å². The molecule has 3 N–H and O–H groups in total. The van der Waals surface area contributed by atoms with E-state index in [1.807, 2.05) is 24.3 Å². The van der Waals surface area contributed by atoms with Gasteiger partial charge in [0.25, 0.3) is 0 Å². The van der Waals surface area contributed by atoms with Gasteiger partial charge in [0, 0.05) is 12.6 Å². The van der Waals surface area contributed by atoms with E-state index in [1.165, 1.54) is 0 Å². The van der Waals surface area contributed by atoms with Crippen LogP contribution >= 0.6 is 0 Å². The van der Waals surface area contributed by atoms with Crippen LogP contribution in [0.4, 0.5) is 0 Å². The van der Waals surface area contributed by atoms with E-state index in [2.05, 4.69) is 5.43 Å². The van der Waals surface area contributed by atoms with E-state index in [4.69, 9.17) is 15.3 Å². The molecule has 0 aliphatic rings. The van der Waals surface area contributed by atoms with Crippen LogP contribution in [0.25, 0.3) is 0 Å². The van der Waals surface area contributed by atoms with Crippen molar-refractivity contribution >= 4 is 0 Å². The first-order valence-corrected chi connectivity index (χ1v) is 4.07. The number of ether oxygens (including phenoxy) is 2. The van der Waals surface area contributed by atoms with E-state index in [9.17, 15) is 0 Å². The predicted molar refractivity (Wildman–Crippen MR) is 50.7 cm³/mol. The zero-order valence-corrected chi connectivity index (χ0v) is 7.62. The first kappa shape index (κ1) is 9.83. The quantitative estimate of drug-likeness (QED) is 0.396. The lowest BCUT2D eigenvalue weighted by atomic mass is 10.3. The minimum Gasteiger partial charge on any atom is -0.497 e. The average molecular weight is 182 g/mol. The van der Waals surface area contributed by atoms with Gasteiger partial charge in [0.05, 0.1) is 7.11 Å². The number of nitrogens with one attached hydrogen (secondary N) is 1. The van der Waals surface area contributed by atoms with Crippen molar-refractivity contribution in [3.8, 4) is 11.5 Å². The van der Waals surface area contributed by atoms with E-state index in [1.54, 1.807) is 7.11 Å². The third-order valence-electron chi connectivity index (χ3n) is 1.56. The third-order valence-corrected chi connectivity index (χ3v) is 1.56. The lowest BCUT2D eigenvalue weighted by Crippen LogP contribution is -2.27. The maximum absolute atomic E-state index is 5.37. The van der Waals surface area contributed by atoms with Crippen LogP contribution in [-0.2, 0) is 0 Å². The maximum Gasteiger partial charge on any atom is 0.123 e. The summed E-state index contributed by atoms with van der Waals surface area (Å²) in [6.45, 7) is 1.17. The molecule has 0 saturated carbocycles. The van der Waals surface area contributed by atoms with E-state index in [-0.39, 0.29) is 0 Å². The molecule has 72 valence electrons.